The summed E-state index contributed by atoms with van der Waals surface area (Å²) in [5.74, 6) is 0. The highest BCUT2D eigenvalue weighted by atomic mass is 32.2. The van der Waals surface area contributed by atoms with E-state index in [0.717, 1.165) is 19.3 Å². The van der Waals surface area contributed by atoms with Crippen LogP contribution in [0.1, 0.15) is 20.8 Å². The summed E-state index contributed by atoms with van der Waals surface area (Å²) in [5.41, 5.74) is 0. The molecular weight excluding hydrogens is 324 g/mol. The molecule has 0 saturated heterocycles. The molecule has 6 nitrogen and oxygen atoms in total. The molecule has 1 atom stereocenters. The summed E-state index contributed by atoms with van der Waals surface area (Å²) in [4.78, 5) is 2.31. The van der Waals surface area contributed by atoms with Crippen LogP contribution in [0.25, 0.3) is 0 Å². The van der Waals surface area contributed by atoms with Gasteiger partial charge in [-0.15, -0.1) is 0 Å². The van der Waals surface area contributed by atoms with Crippen molar-refractivity contribution in [2.75, 3.05) is 25.9 Å². The zero-order valence-corrected chi connectivity index (χ0v) is 15.0. The van der Waals surface area contributed by atoms with Gasteiger partial charge >= 0.3 is 0 Å². The van der Waals surface area contributed by atoms with Crippen molar-refractivity contribution in [3.8, 4) is 0 Å². The van der Waals surface area contributed by atoms with Crippen molar-refractivity contribution >= 4 is 19.9 Å². The van der Waals surface area contributed by atoms with E-state index in [1.807, 2.05) is 20.8 Å². The zero-order chi connectivity index (χ0) is 17.0. The maximum atomic E-state index is 12.2. The Hall–Kier alpha value is -0.960. The number of sulfone groups is 1. The molecule has 0 aliphatic carbocycles. The second kappa shape index (κ2) is 7.54. The lowest BCUT2D eigenvalue weighted by molar-refractivity contribution is 0.232. The molecule has 1 aromatic rings. The molecule has 0 bridgehead atoms. The minimum Gasteiger partial charge on any atom is -0.300 e. The van der Waals surface area contributed by atoms with Crippen LogP contribution in [0.2, 0.25) is 0 Å². The van der Waals surface area contributed by atoms with Crippen LogP contribution < -0.4 is 4.72 Å². The third kappa shape index (κ3) is 5.05. The fourth-order valence-corrected chi connectivity index (χ4v) is 3.91. The van der Waals surface area contributed by atoms with Gasteiger partial charge in [0.15, 0.2) is 9.84 Å². The number of benzene rings is 1. The zero-order valence-electron chi connectivity index (χ0n) is 13.4. The maximum Gasteiger partial charge on any atom is 0.240 e. The Morgan fingerprint density at radius 2 is 1.45 bits per heavy atom. The van der Waals surface area contributed by atoms with Crippen LogP contribution in [-0.4, -0.2) is 53.7 Å². The van der Waals surface area contributed by atoms with Crippen LogP contribution in [-0.2, 0) is 19.9 Å². The molecule has 126 valence electrons. The summed E-state index contributed by atoms with van der Waals surface area (Å²) in [6.45, 7) is 8.02. The Labute approximate surface area is 133 Å². The summed E-state index contributed by atoms with van der Waals surface area (Å²) in [5, 5.41) is 0. The first-order valence-corrected chi connectivity index (χ1v) is 10.5. The first-order chi connectivity index (χ1) is 10.1. The van der Waals surface area contributed by atoms with E-state index in [2.05, 4.69) is 9.62 Å². The Balaban J connectivity index is 2.83. The van der Waals surface area contributed by atoms with E-state index in [9.17, 15) is 16.8 Å². The molecule has 1 N–H and O–H groups in total. The van der Waals surface area contributed by atoms with Gasteiger partial charge in [0.1, 0.15) is 0 Å². The summed E-state index contributed by atoms with van der Waals surface area (Å²) in [7, 11) is -6.97. The lowest BCUT2D eigenvalue weighted by Crippen LogP contribution is -2.41. The van der Waals surface area contributed by atoms with Gasteiger partial charge in [0.05, 0.1) is 9.79 Å². The average molecular weight is 348 g/mol. The van der Waals surface area contributed by atoms with Crippen LogP contribution in [0.3, 0.4) is 0 Å². The molecule has 8 heteroatoms. The summed E-state index contributed by atoms with van der Waals surface area (Å²) in [6.07, 6.45) is 1.08. The van der Waals surface area contributed by atoms with E-state index in [4.69, 9.17) is 0 Å². The molecule has 0 radical (unpaired) electrons. The molecular formula is C14H24N2O4S2. The van der Waals surface area contributed by atoms with Gasteiger partial charge in [0.25, 0.3) is 0 Å². The normalized spacial score (nSPS) is 14.2. The topological polar surface area (TPSA) is 83.6 Å². The van der Waals surface area contributed by atoms with Gasteiger partial charge in [0, 0.05) is 18.8 Å². The van der Waals surface area contributed by atoms with Crippen molar-refractivity contribution in [3.63, 3.8) is 0 Å². The van der Waals surface area contributed by atoms with Crippen LogP contribution in [0, 0.1) is 0 Å². The molecule has 0 aromatic heterocycles. The van der Waals surface area contributed by atoms with Gasteiger partial charge in [0.2, 0.25) is 10.0 Å². The highest BCUT2D eigenvalue weighted by Crippen LogP contribution is 2.14. The highest BCUT2D eigenvalue weighted by molar-refractivity contribution is 7.90. The summed E-state index contributed by atoms with van der Waals surface area (Å²) >= 11 is 0. The first-order valence-electron chi connectivity index (χ1n) is 7.15. The fraction of sp³-hybridized carbons (Fsp3) is 0.571. The van der Waals surface area contributed by atoms with Crippen molar-refractivity contribution in [1.82, 2.24) is 9.62 Å². The summed E-state index contributed by atoms with van der Waals surface area (Å²) < 4.78 is 49.8. The van der Waals surface area contributed by atoms with Crippen molar-refractivity contribution in [2.24, 2.45) is 0 Å². The number of nitrogens with one attached hydrogen (secondary N) is 1. The fourth-order valence-electron chi connectivity index (χ4n) is 2.16. The SMILES string of the molecule is CCN(CC)[C@@H](C)CNS(=O)(=O)c1ccc(S(C)(=O)=O)cc1. The van der Waals surface area contributed by atoms with Gasteiger partial charge < -0.3 is 0 Å². The monoisotopic (exact) mass is 348 g/mol. The third-order valence-corrected chi connectivity index (χ3v) is 6.13. The second-order valence-electron chi connectivity index (χ2n) is 5.17. The van der Waals surface area contributed by atoms with Crippen molar-refractivity contribution in [3.05, 3.63) is 24.3 Å². The molecule has 1 rings (SSSR count). The van der Waals surface area contributed by atoms with Gasteiger partial charge in [-0.3, -0.25) is 4.90 Å². The molecule has 0 aliphatic rings. The smallest absolute Gasteiger partial charge is 0.240 e. The number of nitrogens with zero attached hydrogens (tertiary/aromatic N) is 1. The Bertz CT molecular complexity index is 678. The molecule has 0 spiro atoms. The van der Waals surface area contributed by atoms with Crippen LogP contribution in [0.15, 0.2) is 34.1 Å². The Morgan fingerprint density at radius 3 is 1.86 bits per heavy atom. The average Bonchev–Trinajstić information content (AvgIpc) is 2.46. The maximum absolute atomic E-state index is 12.2. The number of sulfonamides is 1. The van der Waals surface area contributed by atoms with E-state index in [-0.39, 0.29) is 15.8 Å². The molecule has 0 aliphatic heterocycles. The van der Waals surface area contributed by atoms with E-state index in [1.54, 1.807) is 0 Å². The molecule has 0 amide bonds. The van der Waals surface area contributed by atoms with E-state index >= 15 is 0 Å². The quantitative estimate of drug-likeness (QED) is 0.760. The van der Waals surface area contributed by atoms with Crippen molar-refractivity contribution < 1.29 is 16.8 Å². The molecule has 0 heterocycles. The van der Waals surface area contributed by atoms with E-state index in [1.165, 1.54) is 24.3 Å². The lowest BCUT2D eigenvalue weighted by atomic mass is 10.3. The molecule has 1 aromatic carbocycles. The van der Waals surface area contributed by atoms with E-state index in [0.29, 0.717) is 6.54 Å². The molecule has 22 heavy (non-hydrogen) atoms. The third-order valence-electron chi connectivity index (χ3n) is 3.57. The predicted octanol–water partition coefficient (Wildman–Crippen LogP) is 1.10. The van der Waals surface area contributed by atoms with Crippen molar-refractivity contribution in [1.29, 1.82) is 0 Å². The van der Waals surface area contributed by atoms with Gasteiger partial charge in [-0.2, -0.15) is 0 Å². The van der Waals surface area contributed by atoms with Crippen LogP contribution in [0.5, 0.6) is 0 Å². The van der Waals surface area contributed by atoms with Gasteiger partial charge in [-0.05, 0) is 44.3 Å². The highest BCUT2D eigenvalue weighted by Gasteiger charge is 2.18. The lowest BCUT2D eigenvalue weighted by Gasteiger charge is -2.26. The van der Waals surface area contributed by atoms with Crippen LogP contribution in [0.4, 0.5) is 0 Å². The first kappa shape index (κ1) is 19.1. The predicted molar refractivity (Wildman–Crippen MR) is 87.1 cm³/mol. The van der Waals surface area contributed by atoms with Gasteiger partial charge in [-0.1, -0.05) is 13.8 Å². The number of rotatable bonds is 8. The number of likely N-dealkylation sites (N-methyl/N-ethyl adjacent to an activating group) is 1. The van der Waals surface area contributed by atoms with Crippen molar-refractivity contribution in [2.45, 2.75) is 36.6 Å². The van der Waals surface area contributed by atoms with Crippen LogP contribution >= 0.6 is 0 Å². The minimum absolute atomic E-state index is 0.0617. The summed E-state index contributed by atoms with van der Waals surface area (Å²) in [6, 6.07) is 5.30. The number of hydrogen-bond donors (Lipinski definition) is 1. The Morgan fingerprint density at radius 1 is 1.00 bits per heavy atom. The minimum atomic E-state index is -3.64. The largest absolute Gasteiger partial charge is 0.300 e. The standard InChI is InChI=1S/C14H24N2O4S2/c1-5-16(6-2)12(3)11-15-22(19,20)14-9-7-13(8-10-14)21(4,17)18/h7-10,12,15H,5-6,11H2,1-4H3/t12-/m0/s1. The molecule has 0 fully saturated rings. The number of hydrogen-bond acceptors (Lipinski definition) is 5. The second-order valence-corrected chi connectivity index (χ2v) is 8.95. The molecule has 0 saturated carbocycles. The van der Waals surface area contributed by atoms with Gasteiger partial charge in [-0.25, -0.2) is 21.6 Å². The molecule has 0 unspecified atom stereocenters. The Kier molecular flexibility index (Phi) is 6.54. The van der Waals surface area contributed by atoms with E-state index < -0.39 is 19.9 Å².